The molecule has 3 aliphatic heterocycles. The summed E-state index contributed by atoms with van der Waals surface area (Å²) < 4.78 is 6.93. The maximum Gasteiger partial charge on any atom is 0.248 e. The number of ether oxygens (including phenoxy) is 1. The molecule has 3 heterocycles. The second-order valence-corrected chi connectivity index (χ2v) is 11.4. The maximum atomic E-state index is 14.5. The van der Waals surface area contributed by atoms with Gasteiger partial charge in [-0.25, -0.2) is 0 Å². The van der Waals surface area contributed by atoms with Crippen LogP contribution in [-0.2, 0) is 19.1 Å². The summed E-state index contributed by atoms with van der Waals surface area (Å²) in [4.78, 5) is 48.4. The molecule has 3 fully saturated rings. The third-order valence-corrected chi connectivity index (χ3v) is 9.23. The molecule has 8 nitrogen and oxygen atoms in total. The number of fused-ring (bicyclic) bond motifs is 1. The van der Waals surface area contributed by atoms with E-state index in [2.05, 4.69) is 20.1 Å². The van der Waals surface area contributed by atoms with Gasteiger partial charge in [0.15, 0.2) is 0 Å². The summed E-state index contributed by atoms with van der Waals surface area (Å²) in [7, 11) is 0. The molecular weight excluding hydrogens is 506 g/mol. The quantitative estimate of drug-likeness (QED) is 0.354. The van der Waals surface area contributed by atoms with Crippen molar-refractivity contribution in [1.29, 1.82) is 0 Å². The third-order valence-electron chi connectivity index (χ3n) is 9.23. The van der Waals surface area contributed by atoms with Crippen LogP contribution in [0.1, 0.15) is 59.3 Å². The van der Waals surface area contributed by atoms with Crippen LogP contribution < -0.4 is 4.90 Å². The molecule has 1 aromatic rings. The first-order valence-electron chi connectivity index (χ1n) is 14.8. The zero-order valence-corrected chi connectivity index (χ0v) is 24.3. The molecule has 218 valence electrons. The van der Waals surface area contributed by atoms with Crippen molar-refractivity contribution in [3.63, 3.8) is 0 Å². The van der Waals surface area contributed by atoms with Gasteiger partial charge in [-0.1, -0.05) is 50.6 Å². The minimum Gasteiger partial charge on any atom is -0.396 e. The van der Waals surface area contributed by atoms with E-state index in [0.29, 0.717) is 38.8 Å². The Morgan fingerprint density at radius 1 is 1.15 bits per heavy atom. The fraction of sp³-hybridized carbons (Fsp3) is 0.594. The Balaban J connectivity index is 1.81. The predicted octanol–water partition coefficient (Wildman–Crippen LogP) is 3.95. The van der Waals surface area contributed by atoms with E-state index in [-0.39, 0.29) is 36.9 Å². The fourth-order valence-corrected chi connectivity index (χ4v) is 7.44. The third kappa shape index (κ3) is 4.79. The van der Waals surface area contributed by atoms with Crippen LogP contribution >= 0.6 is 0 Å². The molecule has 0 aliphatic carbocycles. The van der Waals surface area contributed by atoms with Crippen molar-refractivity contribution < 1.29 is 24.2 Å². The number of para-hydroxylation sites is 1. The van der Waals surface area contributed by atoms with Crippen molar-refractivity contribution >= 4 is 23.4 Å². The highest BCUT2D eigenvalue weighted by molar-refractivity contribution is 6.03. The van der Waals surface area contributed by atoms with Gasteiger partial charge in [0.2, 0.25) is 17.7 Å². The Labute approximate surface area is 238 Å². The summed E-state index contributed by atoms with van der Waals surface area (Å²) in [6, 6.07) is 8.51. The Morgan fingerprint density at radius 2 is 1.85 bits per heavy atom. The van der Waals surface area contributed by atoms with E-state index < -0.39 is 29.1 Å². The Morgan fingerprint density at radius 3 is 2.45 bits per heavy atom. The summed E-state index contributed by atoms with van der Waals surface area (Å²) in [6.45, 7) is 14.6. The minimum atomic E-state index is -1.10. The van der Waals surface area contributed by atoms with E-state index >= 15 is 0 Å². The fourth-order valence-electron chi connectivity index (χ4n) is 7.44. The van der Waals surface area contributed by atoms with Gasteiger partial charge >= 0.3 is 0 Å². The van der Waals surface area contributed by atoms with Crippen LogP contribution in [0.2, 0.25) is 0 Å². The number of carbonyl (C=O) groups is 3. The molecule has 3 saturated heterocycles. The van der Waals surface area contributed by atoms with E-state index in [1.807, 2.05) is 44.2 Å². The highest BCUT2D eigenvalue weighted by atomic mass is 16.5. The van der Waals surface area contributed by atoms with E-state index in [4.69, 9.17) is 4.74 Å². The van der Waals surface area contributed by atoms with Gasteiger partial charge < -0.3 is 24.5 Å². The van der Waals surface area contributed by atoms with E-state index in [9.17, 15) is 19.5 Å². The number of nitrogens with zero attached hydrogens (tertiary/aromatic N) is 3. The molecule has 6 atom stereocenters. The summed E-state index contributed by atoms with van der Waals surface area (Å²) in [6.07, 6.45) is 7.17. The highest BCUT2D eigenvalue weighted by Crippen LogP contribution is 2.64. The molecule has 1 aromatic carbocycles. The standard InChI is InChI=1S/C32H45N3O5/c1-6-14-23(5)33(19-7-2)30(39)27-32-18-17-31(9-4,40-32)25(26(32)29(38)35(27)21-13-22-36)28(37)34(20-8-3)24-15-11-10-12-16-24/h7-8,10-12,15-16,23,25-27,36H,2-3,6,9,13-14,17-22H2,1,4-5H3/t23?,25-,26+,27?,31+,32?/m1/s1. The molecule has 3 unspecified atom stereocenters. The maximum absolute atomic E-state index is 14.5. The SMILES string of the molecule is C=CCN(C(=O)[C@H]1[C@H]2C(=O)N(CCCO)C(C(=O)N(CC=C)C(C)CCC)C23CC[C@]1(CC)O3)c1ccccc1. The molecule has 1 N–H and O–H groups in total. The average Bonchev–Trinajstić information content (AvgIpc) is 3.56. The first kappa shape index (κ1) is 30.0. The highest BCUT2D eigenvalue weighted by Gasteiger charge is 2.79. The number of likely N-dealkylation sites (tertiary alicyclic amines) is 1. The Kier molecular flexibility index (Phi) is 9.20. The lowest BCUT2D eigenvalue weighted by atomic mass is 9.64. The molecule has 8 heteroatoms. The number of anilines is 1. The molecule has 3 amide bonds. The van der Waals surface area contributed by atoms with Crippen LogP contribution in [0, 0.1) is 11.8 Å². The van der Waals surface area contributed by atoms with Crippen LogP contribution in [-0.4, -0.2) is 82.2 Å². The predicted molar refractivity (Wildman–Crippen MR) is 156 cm³/mol. The van der Waals surface area contributed by atoms with Gasteiger partial charge in [0.25, 0.3) is 0 Å². The van der Waals surface area contributed by atoms with E-state index in [0.717, 1.165) is 18.5 Å². The topological polar surface area (TPSA) is 90.4 Å². The second-order valence-electron chi connectivity index (χ2n) is 11.4. The van der Waals surface area contributed by atoms with Crippen LogP contribution in [0.15, 0.2) is 55.6 Å². The summed E-state index contributed by atoms with van der Waals surface area (Å²) in [5, 5.41) is 9.65. The molecule has 0 radical (unpaired) electrons. The normalized spacial score (nSPS) is 29.2. The number of benzene rings is 1. The van der Waals surface area contributed by atoms with Crippen molar-refractivity contribution in [2.24, 2.45) is 11.8 Å². The van der Waals surface area contributed by atoms with Crippen LogP contribution in [0.4, 0.5) is 5.69 Å². The van der Waals surface area contributed by atoms with Crippen molar-refractivity contribution in [2.45, 2.75) is 82.6 Å². The molecule has 0 saturated carbocycles. The van der Waals surface area contributed by atoms with Gasteiger partial charge in [-0.3, -0.25) is 14.4 Å². The number of amides is 3. The summed E-state index contributed by atoms with van der Waals surface area (Å²) in [5.41, 5.74) is -1.19. The lowest BCUT2D eigenvalue weighted by Gasteiger charge is -2.39. The van der Waals surface area contributed by atoms with Gasteiger partial charge in [-0.05, 0) is 51.2 Å². The molecule has 40 heavy (non-hydrogen) atoms. The number of rotatable bonds is 14. The van der Waals surface area contributed by atoms with Crippen molar-refractivity contribution in [3.8, 4) is 0 Å². The molecule has 0 aromatic heterocycles. The van der Waals surface area contributed by atoms with Crippen LogP contribution in [0.3, 0.4) is 0 Å². The van der Waals surface area contributed by atoms with Crippen molar-refractivity contribution in [3.05, 3.63) is 55.6 Å². The van der Waals surface area contributed by atoms with E-state index in [1.165, 1.54) is 0 Å². The van der Waals surface area contributed by atoms with Gasteiger partial charge in [0, 0.05) is 38.0 Å². The smallest absolute Gasteiger partial charge is 0.248 e. The van der Waals surface area contributed by atoms with Crippen molar-refractivity contribution in [2.75, 3.05) is 31.1 Å². The lowest BCUT2D eigenvalue weighted by Crippen LogP contribution is -2.58. The van der Waals surface area contributed by atoms with Gasteiger partial charge in [0.1, 0.15) is 11.6 Å². The zero-order chi connectivity index (χ0) is 29.1. The summed E-state index contributed by atoms with van der Waals surface area (Å²) >= 11 is 0. The first-order valence-corrected chi connectivity index (χ1v) is 14.8. The van der Waals surface area contributed by atoms with Crippen molar-refractivity contribution in [1.82, 2.24) is 9.80 Å². The van der Waals surface area contributed by atoms with Crippen LogP contribution in [0.5, 0.6) is 0 Å². The molecule has 4 rings (SSSR count). The second kappa shape index (κ2) is 12.3. The molecule has 1 spiro atoms. The molecular formula is C32H45N3O5. The largest absolute Gasteiger partial charge is 0.396 e. The van der Waals surface area contributed by atoms with Crippen LogP contribution in [0.25, 0.3) is 0 Å². The van der Waals surface area contributed by atoms with Gasteiger partial charge in [-0.15, -0.1) is 13.2 Å². The average molecular weight is 552 g/mol. The first-order chi connectivity index (χ1) is 19.3. The number of aliphatic hydroxyl groups is 1. The Hall–Kier alpha value is -2.97. The van der Waals surface area contributed by atoms with Gasteiger partial charge in [0.05, 0.1) is 17.4 Å². The van der Waals surface area contributed by atoms with E-state index in [1.54, 1.807) is 26.9 Å². The Bertz CT molecular complexity index is 1110. The minimum absolute atomic E-state index is 0.0434. The molecule has 2 bridgehead atoms. The lowest BCUT2D eigenvalue weighted by molar-refractivity contribution is -0.154. The summed E-state index contributed by atoms with van der Waals surface area (Å²) in [5.74, 6) is -2.07. The monoisotopic (exact) mass is 551 g/mol. The number of hydrogen-bond acceptors (Lipinski definition) is 5. The number of aliphatic hydroxyl groups excluding tert-OH is 1. The number of carbonyl (C=O) groups excluding carboxylic acids is 3. The number of hydrogen-bond donors (Lipinski definition) is 1. The van der Waals surface area contributed by atoms with Gasteiger partial charge in [-0.2, -0.15) is 0 Å². The molecule has 3 aliphatic rings. The zero-order valence-electron chi connectivity index (χ0n) is 24.3.